The molecular weight excluding hydrogens is 1210 g/mol. The van der Waals surface area contributed by atoms with Gasteiger partial charge in [-0.25, -0.2) is 0 Å². The minimum absolute atomic E-state index is 0.235. The van der Waals surface area contributed by atoms with E-state index in [1.807, 2.05) is 6.08 Å². The fraction of sp³-hybridized carbons (Fsp3) is 0.882. The molecule has 3 heterocycles. The van der Waals surface area contributed by atoms with E-state index in [0.29, 0.717) is 12.8 Å². The molecular formula is C76H139NO18. The van der Waals surface area contributed by atoms with Crippen molar-refractivity contribution in [1.29, 1.82) is 0 Å². The third kappa shape index (κ3) is 38.4. The SMILES string of the molecule is CCCCC/C=C/CC/C=C/CC/C=C/C(O)C(COC1OC(CO)C(OC2OC(CO)C(OC3OC(CO)C(O)C(O)C3O)C(O)C2O)C(O)C1O)NC(=O)CCCCCCCCCCCCCCCCCCCCCCCCCCC/C=C\CCCCCCCCCC. The Balaban J connectivity index is 1.30. The zero-order valence-electron chi connectivity index (χ0n) is 59.2. The summed E-state index contributed by atoms with van der Waals surface area (Å²) in [4.78, 5) is 13.4. The van der Waals surface area contributed by atoms with Crippen molar-refractivity contribution in [2.75, 3.05) is 26.4 Å². The number of amides is 1. The van der Waals surface area contributed by atoms with Crippen molar-refractivity contribution >= 4 is 5.91 Å². The quantitative estimate of drug-likeness (QED) is 0.0199. The first-order chi connectivity index (χ1) is 46.3. The smallest absolute Gasteiger partial charge is 0.220 e. The van der Waals surface area contributed by atoms with E-state index in [1.54, 1.807) is 6.08 Å². The molecule has 17 atom stereocenters. The average Bonchev–Trinajstić information content (AvgIpc) is 0.787. The van der Waals surface area contributed by atoms with Crippen LogP contribution in [0, 0.1) is 0 Å². The second-order valence-corrected chi connectivity index (χ2v) is 27.4. The maximum atomic E-state index is 13.4. The van der Waals surface area contributed by atoms with Gasteiger partial charge in [-0.3, -0.25) is 4.79 Å². The summed E-state index contributed by atoms with van der Waals surface area (Å²) in [6.45, 7) is 1.69. The van der Waals surface area contributed by atoms with Crippen LogP contribution in [0.25, 0.3) is 0 Å². The molecule has 0 bridgehead atoms. The molecule has 17 unspecified atom stereocenters. The van der Waals surface area contributed by atoms with Gasteiger partial charge >= 0.3 is 0 Å². The number of hydrogen-bond donors (Lipinski definition) is 12. The first-order valence-electron chi connectivity index (χ1n) is 38.4. The fourth-order valence-corrected chi connectivity index (χ4v) is 12.9. The number of rotatable bonds is 60. The van der Waals surface area contributed by atoms with Crippen molar-refractivity contribution in [3.8, 4) is 0 Å². The molecule has 0 radical (unpaired) electrons. The van der Waals surface area contributed by atoms with Crippen LogP contribution in [-0.2, 0) is 33.2 Å². The number of aliphatic hydroxyl groups excluding tert-OH is 11. The fourth-order valence-electron chi connectivity index (χ4n) is 12.9. The number of unbranched alkanes of at least 4 members (excludes halogenated alkanes) is 38. The number of ether oxygens (including phenoxy) is 6. The highest BCUT2D eigenvalue weighted by Crippen LogP contribution is 2.33. The molecule has 0 aromatic carbocycles. The first-order valence-corrected chi connectivity index (χ1v) is 38.4. The van der Waals surface area contributed by atoms with E-state index in [4.69, 9.17) is 28.4 Å². The molecule has 19 heteroatoms. The van der Waals surface area contributed by atoms with Crippen LogP contribution in [0.5, 0.6) is 0 Å². The number of carbonyl (C=O) groups is 1. The predicted octanol–water partition coefficient (Wildman–Crippen LogP) is 11.7. The summed E-state index contributed by atoms with van der Waals surface area (Å²) in [5, 5.41) is 120. The Kier molecular flexibility index (Phi) is 52.5. The van der Waals surface area contributed by atoms with Crippen LogP contribution in [0.4, 0.5) is 0 Å². The number of nitrogens with one attached hydrogen (secondary N) is 1. The molecule has 1 amide bonds. The standard InChI is InChI=1S/C76H139NO18/c1-3-5-7-9-11-13-15-17-18-19-20-21-22-23-24-25-26-27-28-29-30-31-32-33-34-35-36-37-38-39-40-42-44-46-48-50-52-54-64(82)77-59(60(81)53-51-49-47-45-43-41-16-14-12-10-8-6-4-2)58-90-74-70(88)67(85)72(62(56-79)92-74)95-76-71(89)68(86)73(63(57-80)93-76)94-75-69(87)66(84)65(83)61(55-78)91-75/h12,14,19-20,43,45,51,53,59-63,65-76,78-81,83-89H,3-11,13,15-18,21-42,44,46-50,52,54-58H2,1-2H3,(H,77,82)/b14-12+,20-19-,45-43+,53-51+. The summed E-state index contributed by atoms with van der Waals surface area (Å²) in [6.07, 6.45) is 44.3. The Hall–Kier alpha value is -2.25. The van der Waals surface area contributed by atoms with Gasteiger partial charge in [0, 0.05) is 6.42 Å². The van der Waals surface area contributed by atoms with Crippen LogP contribution in [0.1, 0.15) is 296 Å². The highest BCUT2D eigenvalue weighted by molar-refractivity contribution is 5.76. The Morgan fingerprint density at radius 2 is 0.674 bits per heavy atom. The van der Waals surface area contributed by atoms with Gasteiger partial charge in [0.25, 0.3) is 0 Å². The second-order valence-electron chi connectivity index (χ2n) is 27.4. The van der Waals surface area contributed by atoms with E-state index in [9.17, 15) is 61.0 Å². The Labute approximate surface area is 573 Å². The largest absolute Gasteiger partial charge is 0.394 e. The maximum Gasteiger partial charge on any atom is 0.220 e. The third-order valence-electron chi connectivity index (χ3n) is 19.1. The Morgan fingerprint density at radius 1 is 0.368 bits per heavy atom. The van der Waals surface area contributed by atoms with E-state index < -0.39 is 124 Å². The molecule has 0 saturated carbocycles. The summed E-state index contributed by atoms with van der Waals surface area (Å²) in [5.41, 5.74) is 0. The van der Waals surface area contributed by atoms with E-state index in [1.165, 1.54) is 218 Å². The summed E-state index contributed by atoms with van der Waals surface area (Å²) in [7, 11) is 0. The lowest BCUT2D eigenvalue weighted by molar-refractivity contribution is -0.379. The van der Waals surface area contributed by atoms with Crippen LogP contribution in [-0.4, -0.2) is 193 Å². The Bertz CT molecular complexity index is 1910. The first kappa shape index (κ1) is 87.0. The van der Waals surface area contributed by atoms with E-state index >= 15 is 0 Å². The maximum absolute atomic E-state index is 13.4. The molecule has 3 rings (SSSR count). The van der Waals surface area contributed by atoms with Gasteiger partial charge in [0.2, 0.25) is 5.91 Å². The molecule has 0 aromatic rings. The van der Waals surface area contributed by atoms with Gasteiger partial charge < -0.3 is 89.9 Å². The highest BCUT2D eigenvalue weighted by atomic mass is 16.8. The van der Waals surface area contributed by atoms with E-state index in [-0.39, 0.29) is 18.9 Å². The molecule has 3 aliphatic rings. The molecule has 0 aliphatic carbocycles. The second kappa shape index (κ2) is 57.4. The highest BCUT2D eigenvalue weighted by Gasteiger charge is 2.53. The number of carbonyl (C=O) groups excluding carboxylic acids is 1. The zero-order valence-corrected chi connectivity index (χ0v) is 59.2. The van der Waals surface area contributed by atoms with Crippen molar-refractivity contribution in [1.82, 2.24) is 5.32 Å². The lowest BCUT2D eigenvalue weighted by Gasteiger charge is -2.48. The summed E-state index contributed by atoms with van der Waals surface area (Å²) in [5.74, 6) is -0.287. The molecule has 95 heavy (non-hydrogen) atoms. The molecule has 3 fully saturated rings. The van der Waals surface area contributed by atoms with Crippen LogP contribution in [0.3, 0.4) is 0 Å². The van der Waals surface area contributed by atoms with Gasteiger partial charge in [0.1, 0.15) is 73.2 Å². The van der Waals surface area contributed by atoms with E-state index in [2.05, 4.69) is 55.6 Å². The summed E-state index contributed by atoms with van der Waals surface area (Å²) < 4.78 is 34.3. The van der Waals surface area contributed by atoms with Crippen molar-refractivity contribution in [3.05, 3.63) is 48.6 Å². The monoisotopic (exact) mass is 1350 g/mol. The molecule has 19 nitrogen and oxygen atoms in total. The minimum atomic E-state index is -1.98. The molecule has 0 aromatic heterocycles. The lowest BCUT2D eigenvalue weighted by Crippen LogP contribution is -2.66. The van der Waals surface area contributed by atoms with Crippen LogP contribution in [0.2, 0.25) is 0 Å². The van der Waals surface area contributed by atoms with Crippen LogP contribution in [0.15, 0.2) is 48.6 Å². The van der Waals surface area contributed by atoms with Gasteiger partial charge in [0.05, 0.1) is 38.6 Å². The zero-order chi connectivity index (χ0) is 68.9. The molecule has 556 valence electrons. The van der Waals surface area contributed by atoms with E-state index in [0.717, 1.165) is 44.9 Å². The molecule has 12 N–H and O–H groups in total. The molecule has 3 saturated heterocycles. The normalized spacial score (nSPS) is 27.4. The van der Waals surface area contributed by atoms with Gasteiger partial charge in [-0.1, -0.05) is 268 Å². The Morgan fingerprint density at radius 3 is 1.07 bits per heavy atom. The van der Waals surface area contributed by atoms with Crippen molar-refractivity contribution < 1.29 is 89.4 Å². The number of hydrogen-bond acceptors (Lipinski definition) is 18. The van der Waals surface area contributed by atoms with Crippen LogP contribution < -0.4 is 5.32 Å². The van der Waals surface area contributed by atoms with Crippen molar-refractivity contribution in [2.45, 2.75) is 401 Å². The molecule has 0 spiro atoms. The third-order valence-corrected chi connectivity index (χ3v) is 19.1. The van der Waals surface area contributed by atoms with Gasteiger partial charge in [-0.2, -0.15) is 0 Å². The molecule has 3 aliphatic heterocycles. The van der Waals surface area contributed by atoms with Crippen molar-refractivity contribution in [2.24, 2.45) is 0 Å². The number of aliphatic hydroxyl groups is 11. The van der Waals surface area contributed by atoms with Gasteiger partial charge in [0.15, 0.2) is 18.9 Å². The number of allylic oxidation sites excluding steroid dienone is 7. The predicted molar refractivity (Wildman–Crippen MR) is 374 cm³/mol. The summed E-state index contributed by atoms with van der Waals surface area (Å²) >= 11 is 0. The average molecular weight is 1350 g/mol. The topological polar surface area (TPSA) is 307 Å². The lowest BCUT2D eigenvalue weighted by atomic mass is 9.96. The van der Waals surface area contributed by atoms with Crippen LogP contribution >= 0.6 is 0 Å². The van der Waals surface area contributed by atoms with Crippen molar-refractivity contribution in [3.63, 3.8) is 0 Å². The minimum Gasteiger partial charge on any atom is -0.394 e. The summed E-state index contributed by atoms with van der Waals surface area (Å²) in [6, 6.07) is -0.995. The van der Waals surface area contributed by atoms with Gasteiger partial charge in [-0.05, 0) is 70.6 Å². The van der Waals surface area contributed by atoms with Gasteiger partial charge in [-0.15, -0.1) is 0 Å².